The van der Waals surface area contributed by atoms with Crippen molar-refractivity contribution in [1.29, 1.82) is 0 Å². The van der Waals surface area contributed by atoms with Gasteiger partial charge in [0.1, 0.15) is 0 Å². The molecule has 30 heavy (non-hydrogen) atoms. The standard InChI is InChI=1S/C24H29N3O3/c1-25-16-21-6-4-3-5-20(21)15-22(25)17-26(2)23(28)18-7-9-19(10-8-18)24(29)27-11-13-30-14-12-27/h3-10,22H,11-17H2,1-2H3. The smallest absolute Gasteiger partial charge is 0.254 e. The van der Waals surface area contributed by atoms with Gasteiger partial charge in [-0.15, -0.1) is 0 Å². The molecule has 2 aromatic rings. The Balaban J connectivity index is 1.38. The minimum Gasteiger partial charge on any atom is -0.378 e. The Morgan fingerprint density at radius 1 is 1.00 bits per heavy atom. The fraction of sp³-hybridized carbons (Fsp3) is 0.417. The summed E-state index contributed by atoms with van der Waals surface area (Å²) in [6, 6.07) is 15.8. The topological polar surface area (TPSA) is 53.1 Å². The highest BCUT2D eigenvalue weighted by atomic mass is 16.5. The summed E-state index contributed by atoms with van der Waals surface area (Å²) in [4.78, 5) is 31.4. The fourth-order valence-corrected chi connectivity index (χ4v) is 4.25. The lowest BCUT2D eigenvalue weighted by Crippen LogP contribution is -2.46. The van der Waals surface area contributed by atoms with Gasteiger partial charge in [-0.3, -0.25) is 14.5 Å². The summed E-state index contributed by atoms with van der Waals surface area (Å²) < 4.78 is 5.30. The van der Waals surface area contributed by atoms with E-state index in [1.54, 1.807) is 34.1 Å². The van der Waals surface area contributed by atoms with Crippen molar-refractivity contribution in [2.24, 2.45) is 0 Å². The number of likely N-dealkylation sites (N-methyl/N-ethyl adjacent to an activating group) is 2. The number of hydrogen-bond donors (Lipinski definition) is 0. The molecule has 0 aliphatic carbocycles. The molecule has 1 unspecified atom stereocenters. The van der Waals surface area contributed by atoms with Crippen molar-refractivity contribution in [2.75, 3.05) is 46.9 Å². The van der Waals surface area contributed by atoms with Crippen LogP contribution >= 0.6 is 0 Å². The summed E-state index contributed by atoms with van der Waals surface area (Å²) in [6.45, 7) is 3.94. The first-order valence-electron chi connectivity index (χ1n) is 10.5. The number of rotatable bonds is 4. The number of carbonyl (C=O) groups excluding carboxylic acids is 2. The molecule has 0 saturated carbocycles. The Labute approximate surface area is 178 Å². The van der Waals surface area contributed by atoms with Crippen LogP contribution in [0, 0.1) is 0 Å². The molecular formula is C24H29N3O3. The first-order chi connectivity index (χ1) is 14.5. The summed E-state index contributed by atoms with van der Waals surface area (Å²) in [7, 11) is 3.97. The van der Waals surface area contributed by atoms with Gasteiger partial charge in [-0.05, 0) is 48.9 Å². The summed E-state index contributed by atoms with van der Waals surface area (Å²) in [5.41, 5.74) is 3.95. The monoisotopic (exact) mass is 407 g/mol. The second-order valence-corrected chi connectivity index (χ2v) is 8.21. The third-order valence-corrected chi connectivity index (χ3v) is 6.13. The van der Waals surface area contributed by atoms with Crippen molar-refractivity contribution >= 4 is 11.8 Å². The molecule has 1 atom stereocenters. The number of hydrogen-bond acceptors (Lipinski definition) is 4. The van der Waals surface area contributed by atoms with E-state index in [1.165, 1.54) is 11.1 Å². The van der Waals surface area contributed by atoms with Gasteiger partial charge in [0.25, 0.3) is 11.8 Å². The van der Waals surface area contributed by atoms with E-state index in [2.05, 4.69) is 36.2 Å². The van der Waals surface area contributed by atoms with Gasteiger partial charge in [-0.1, -0.05) is 24.3 Å². The number of ether oxygens (including phenoxy) is 1. The number of nitrogens with zero attached hydrogens (tertiary/aromatic N) is 3. The van der Waals surface area contributed by atoms with Crippen LogP contribution < -0.4 is 0 Å². The van der Waals surface area contributed by atoms with Crippen LogP contribution in [0.15, 0.2) is 48.5 Å². The summed E-state index contributed by atoms with van der Waals surface area (Å²) in [5.74, 6) is -0.0271. The molecule has 0 spiro atoms. The van der Waals surface area contributed by atoms with Crippen LogP contribution in [0.1, 0.15) is 31.8 Å². The molecule has 2 aromatic carbocycles. The fourth-order valence-electron chi connectivity index (χ4n) is 4.25. The Morgan fingerprint density at radius 2 is 1.63 bits per heavy atom. The number of amides is 2. The van der Waals surface area contributed by atoms with Crippen LogP contribution in [-0.2, 0) is 17.7 Å². The van der Waals surface area contributed by atoms with Gasteiger partial charge in [0, 0.05) is 50.4 Å². The van der Waals surface area contributed by atoms with E-state index in [4.69, 9.17) is 4.74 Å². The highest BCUT2D eigenvalue weighted by Crippen LogP contribution is 2.22. The summed E-state index contributed by atoms with van der Waals surface area (Å²) in [6.07, 6.45) is 0.942. The highest BCUT2D eigenvalue weighted by molar-refractivity contribution is 5.97. The molecule has 0 aromatic heterocycles. The van der Waals surface area contributed by atoms with Gasteiger partial charge in [0.2, 0.25) is 0 Å². The van der Waals surface area contributed by atoms with E-state index in [0.29, 0.717) is 44.0 Å². The molecule has 4 rings (SSSR count). The average molecular weight is 408 g/mol. The minimum atomic E-state index is -0.0207. The maximum atomic E-state index is 12.9. The Bertz CT molecular complexity index is 906. The van der Waals surface area contributed by atoms with Gasteiger partial charge in [0.15, 0.2) is 0 Å². The van der Waals surface area contributed by atoms with Crippen LogP contribution in [-0.4, -0.2) is 79.5 Å². The van der Waals surface area contributed by atoms with Crippen molar-refractivity contribution < 1.29 is 14.3 Å². The van der Waals surface area contributed by atoms with Crippen LogP contribution in [0.5, 0.6) is 0 Å². The minimum absolute atomic E-state index is 0.00634. The lowest BCUT2D eigenvalue weighted by atomic mass is 9.94. The molecule has 6 heteroatoms. The average Bonchev–Trinajstić information content (AvgIpc) is 2.79. The summed E-state index contributed by atoms with van der Waals surface area (Å²) in [5, 5.41) is 0. The van der Waals surface area contributed by atoms with Crippen molar-refractivity contribution in [3.05, 3.63) is 70.8 Å². The van der Waals surface area contributed by atoms with Crippen molar-refractivity contribution in [3.8, 4) is 0 Å². The zero-order valence-corrected chi connectivity index (χ0v) is 17.7. The normalized spacial score (nSPS) is 19.3. The first kappa shape index (κ1) is 20.6. The van der Waals surface area contributed by atoms with Gasteiger partial charge in [-0.25, -0.2) is 0 Å². The lowest BCUT2D eigenvalue weighted by molar-refractivity contribution is 0.0303. The number of fused-ring (bicyclic) bond motifs is 1. The van der Waals surface area contributed by atoms with Crippen LogP contribution in [0.25, 0.3) is 0 Å². The number of carbonyl (C=O) groups is 2. The third-order valence-electron chi connectivity index (χ3n) is 6.13. The number of morpholine rings is 1. The van der Waals surface area contributed by atoms with E-state index in [1.807, 2.05) is 7.05 Å². The lowest BCUT2D eigenvalue weighted by Gasteiger charge is -2.36. The van der Waals surface area contributed by atoms with Crippen molar-refractivity contribution in [1.82, 2.24) is 14.7 Å². The zero-order valence-electron chi connectivity index (χ0n) is 17.7. The Morgan fingerprint density at radius 3 is 2.33 bits per heavy atom. The Kier molecular flexibility index (Phi) is 6.16. The van der Waals surface area contributed by atoms with E-state index in [0.717, 1.165) is 13.0 Å². The molecule has 2 aliphatic rings. The van der Waals surface area contributed by atoms with Crippen molar-refractivity contribution in [2.45, 2.75) is 19.0 Å². The zero-order chi connectivity index (χ0) is 21.1. The molecule has 0 N–H and O–H groups in total. The second-order valence-electron chi connectivity index (χ2n) is 8.21. The molecule has 1 saturated heterocycles. The van der Waals surface area contributed by atoms with Crippen LogP contribution in [0.3, 0.4) is 0 Å². The molecule has 0 bridgehead atoms. The van der Waals surface area contributed by atoms with E-state index < -0.39 is 0 Å². The molecule has 2 aliphatic heterocycles. The highest BCUT2D eigenvalue weighted by Gasteiger charge is 2.26. The molecule has 2 amide bonds. The molecule has 1 fully saturated rings. The van der Waals surface area contributed by atoms with Gasteiger partial charge in [-0.2, -0.15) is 0 Å². The maximum absolute atomic E-state index is 12.9. The molecule has 158 valence electrons. The SMILES string of the molecule is CN(CC1Cc2ccccc2CN1C)C(=O)c1ccc(C(=O)N2CCOCC2)cc1. The molecular weight excluding hydrogens is 378 g/mol. The van der Waals surface area contributed by atoms with Gasteiger partial charge in [0.05, 0.1) is 13.2 Å². The first-order valence-corrected chi connectivity index (χ1v) is 10.5. The van der Waals surface area contributed by atoms with Gasteiger partial charge >= 0.3 is 0 Å². The van der Waals surface area contributed by atoms with Crippen molar-refractivity contribution in [3.63, 3.8) is 0 Å². The van der Waals surface area contributed by atoms with Crippen LogP contribution in [0.4, 0.5) is 0 Å². The molecule has 6 nitrogen and oxygen atoms in total. The van der Waals surface area contributed by atoms with Gasteiger partial charge < -0.3 is 14.5 Å². The molecule has 0 radical (unpaired) electrons. The maximum Gasteiger partial charge on any atom is 0.254 e. The van der Waals surface area contributed by atoms with E-state index >= 15 is 0 Å². The third kappa shape index (κ3) is 4.40. The summed E-state index contributed by atoms with van der Waals surface area (Å²) >= 11 is 0. The molecule has 2 heterocycles. The predicted molar refractivity (Wildman–Crippen MR) is 116 cm³/mol. The second kappa shape index (κ2) is 8.98. The van der Waals surface area contributed by atoms with E-state index in [-0.39, 0.29) is 17.9 Å². The van der Waals surface area contributed by atoms with E-state index in [9.17, 15) is 9.59 Å². The predicted octanol–water partition coefficient (Wildman–Crippen LogP) is 2.29. The Hall–Kier alpha value is -2.70. The largest absolute Gasteiger partial charge is 0.378 e. The number of benzene rings is 2. The van der Waals surface area contributed by atoms with Crippen LogP contribution in [0.2, 0.25) is 0 Å². The quantitative estimate of drug-likeness (QED) is 0.780.